The molecule has 0 fully saturated rings. The lowest BCUT2D eigenvalue weighted by atomic mass is 9.99. The van der Waals surface area contributed by atoms with Gasteiger partial charge in [-0.3, -0.25) is 10.1 Å². The Morgan fingerprint density at radius 3 is 2.41 bits per heavy atom. The maximum absolute atomic E-state index is 10.9. The SMILES string of the molecule is CCCCN(C)NNNNC(C)(C)N[C@H](CC(=O)O)C(C)C. The number of hydrogen-bond acceptors (Lipinski definition) is 7. The van der Waals surface area contributed by atoms with E-state index in [0.717, 1.165) is 19.4 Å². The highest BCUT2D eigenvalue weighted by Gasteiger charge is 2.25. The van der Waals surface area contributed by atoms with Crippen LogP contribution in [0, 0.1) is 5.92 Å². The molecule has 0 amide bonds. The quantitative estimate of drug-likeness (QED) is 0.166. The van der Waals surface area contributed by atoms with Gasteiger partial charge in [-0.05, 0) is 26.2 Å². The standard InChI is InChI=1S/C14H34N6O2/c1-7-8-9-20(6)19-18-17-16-14(4,5)15-12(11(2)3)10-13(21)22/h11-12,15-19H,7-10H2,1-6H3,(H,21,22)/t12-/m1/s1. The van der Waals surface area contributed by atoms with Crippen molar-refractivity contribution in [3.05, 3.63) is 0 Å². The molecule has 0 aliphatic carbocycles. The topological polar surface area (TPSA) is 101 Å². The molecule has 132 valence electrons. The second-order valence-electron chi connectivity index (χ2n) is 6.48. The molecule has 8 nitrogen and oxygen atoms in total. The monoisotopic (exact) mass is 318 g/mol. The molecule has 0 unspecified atom stereocenters. The third-order valence-corrected chi connectivity index (χ3v) is 3.28. The normalized spacial score (nSPS) is 13.8. The summed E-state index contributed by atoms with van der Waals surface area (Å²) in [6.45, 7) is 11.0. The number of carbonyl (C=O) groups is 1. The molecule has 1 atom stereocenters. The predicted molar refractivity (Wildman–Crippen MR) is 88.2 cm³/mol. The minimum absolute atomic E-state index is 0.0915. The lowest BCUT2D eigenvalue weighted by Crippen LogP contribution is -2.66. The summed E-state index contributed by atoms with van der Waals surface area (Å²) in [7, 11) is 1.95. The van der Waals surface area contributed by atoms with E-state index in [2.05, 4.69) is 34.3 Å². The van der Waals surface area contributed by atoms with E-state index in [1.165, 1.54) is 0 Å². The van der Waals surface area contributed by atoms with Crippen LogP contribution in [0.15, 0.2) is 0 Å². The van der Waals surface area contributed by atoms with Crippen LogP contribution in [0.1, 0.15) is 53.9 Å². The van der Waals surface area contributed by atoms with Gasteiger partial charge in [-0.2, -0.15) is 16.6 Å². The fraction of sp³-hybridized carbons (Fsp3) is 0.929. The summed E-state index contributed by atoms with van der Waals surface area (Å²) in [6, 6.07) is -0.109. The number of unbranched alkanes of at least 4 members (excludes halogenated alkanes) is 1. The number of hydrazine groups is 4. The predicted octanol–water partition coefficient (Wildman–Crippen LogP) is 0.562. The molecule has 8 heteroatoms. The molecule has 0 aliphatic heterocycles. The van der Waals surface area contributed by atoms with E-state index in [0.29, 0.717) is 0 Å². The zero-order chi connectivity index (χ0) is 17.2. The van der Waals surface area contributed by atoms with Crippen LogP contribution in [0.5, 0.6) is 0 Å². The first kappa shape index (κ1) is 21.2. The lowest BCUT2D eigenvalue weighted by Gasteiger charge is -2.34. The second-order valence-corrected chi connectivity index (χ2v) is 6.48. The van der Waals surface area contributed by atoms with Crippen molar-refractivity contribution >= 4 is 5.97 Å². The van der Waals surface area contributed by atoms with Gasteiger partial charge in [0.05, 0.1) is 12.1 Å². The van der Waals surface area contributed by atoms with Gasteiger partial charge < -0.3 is 5.11 Å². The van der Waals surface area contributed by atoms with E-state index in [9.17, 15) is 4.79 Å². The van der Waals surface area contributed by atoms with Gasteiger partial charge in [-0.25, -0.2) is 10.4 Å². The molecular formula is C14H34N6O2. The third kappa shape index (κ3) is 10.9. The van der Waals surface area contributed by atoms with Crippen LogP contribution in [0.2, 0.25) is 0 Å². The molecule has 0 aromatic carbocycles. The van der Waals surface area contributed by atoms with Crippen LogP contribution in [-0.2, 0) is 4.79 Å². The van der Waals surface area contributed by atoms with Crippen LogP contribution in [0.4, 0.5) is 0 Å². The Morgan fingerprint density at radius 2 is 1.91 bits per heavy atom. The molecule has 0 aromatic rings. The second kappa shape index (κ2) is 10.9. The Hall–Kier alpha value is -0.770. The highest BCUT2D eigenvalue weighted by atomic mass is 16.4. The number of rotatable bonds is 13. The molecule has 6 N–H and O–H groups in total. The van der Waals surface area contributed by atoms with Gasteiger partial charge in [0.1, 0.15) is 0 Å². The Morgan fingerprint density at radius 1 is 1.27 bits per heavy atom. The van der Waals surface area contributed by atoms with Gasteiger partial charge in [0.2, 0.25) is 0 Å². The average Bonchev–Trinajstić information content (AvgIpc) is 2.39. The third-order valence-electron chi connectivity index (χ3n) is 3.28. The first-order valence-electron chi connectivity index (χ1n) is 7.91. The molecular weight excluding hydrogens is 284 g/mol. The molecule has 0 heterocycles. The molecule has 22 heavy (non-hydrogen) atoms. The molecule has 0 saturated heterocycles. The summed E-state index contributed by atoms with van der Waals surface area (Å²) in [4.78, 5) is 10.9. The zero-order valence-corrected chi connectivity index (χ0v) is 14.8. The van der Waals surface area contributed by atoms with Crippen molar-refractivity contribution in [2.45, 2.75) is 65.6 Å². The Kier molecular flexibility index (Phi) is 10.5. The molecule has 0 spiro atoms. The highest BCUT2D eigenvalue weighted by Crippen LogP contribution is 2.10. The Balaban J connectivity index is 4.08. The van der Waals surface area contributed by atoms with Gasteiger partial charge in [0.15, 0.2) is 0 Å². The Labute approximate surface area is 134 Å². The fourth-order valence-electron chi connectivity index (χ4n) is 1.90. The smallest absolute Gasteiger partial charge is 0.304 e. The number of nitrogens with zero attached hydrogens (tertiary/aromatic N) is 1. The van der Waals surface area contributed by atoms with Crippen LogP contribution >= 0.6 is 0 Å². The van der Waals surface area contributed by atoms with Gasteiger partial charge in [-0.1, -0.05) is 27.2 Å². The van der Waals surface area contributed by atoms with Gasteiger partial charge in [-0.15, -0.1) is 0 Å². The number of carboxylic acid groups (broad SMARTS) is 1. The van der Waals surface area contributed by atoms with Crippen molar-refractivity contribution in [3.63, 3.8) is 0 Å². The van der Waals surface area contributed by atoms with Crippen molar-refractivity contribution in [1.29, 1.82) is 0 Å². The summed E-state index contributed by atoms with van der Waals surface area (Å²) in [5.41, 5.74) is 11.3. The molecule has 0 radical (unpaired) electrons. The summed E-state index contributed by atoms with van der Waals surface area (Å²) in [6.07, 6.45) is 2.36. The van der Waals surface area contributed by atoms with Crippen molar-refractivity contribution in [2.24, 2.45) is 5.92 Å². The van der Waals surface area contributed by atoms with Crippen molar-refractivity contribution < 1.29 is 9.90 Å². The van der Waals surface area contributed by atoms with Crippen LogP contribution < -0.4 is 27.3 Å². The first-order chi connectivity index (χ1) is 10.2. The number of hydrogen-bond donors (Lipinski definition) is 6. The van der Waals surface area contributed by atoms with E-state index >= 15 is 0 Å². The van der Waals surface area contributed by atoms with Crippen molar-refractivity contribution in [1.82, 2.24) is 32.4 Å². The molecule has 0 aliphatic rings. The van der Waals surface area contributed by atoms with E-state index in [-0.39, 0.29) is 18.4 Å². The Bertz CT molecular complexity index is 312. The van der Waals surface area contributed by atoms with Crippen molar-refractivity contribution in [3.8, 4) is 0 Å². The maximum Gasteiger partial charge on any atom is 0.304 e. The summed E-state index contributed by atoms with van der Waals surface area (Å²) in [5, 5.41) is 14.2. The lowest BCUT2D eigenvalue weighted by molar-refractivity contribution is -0.138. The number of aliphatic carboxylic acids is 1. The summed E-state index contributed by atoms with van der Waals surface area (Å²) >= 11 is 0. The number of carboxylic acids is 1. The van der Waals surface area contributed by atoms with Crippen LogP contribution in [0.3, 0.4) is 0 Å². The number of nitrogens with one attached hydrogen (secondary N) is 5. The first-order valence-corrected chi connectivity index (χ1v) is 7.91. The van der Waals surface area contributed by atoms with E-state index in [1.54, 1.807) is 0 Å². The molecule has 0 bridgehead atoms. The maximum atomic E-state index is 10.9. The van der Waals surface area contributed by atoms with Gasteiger partial charge in [0, 0.05) is 19.6 Å². The van der Waals surface area contributed by atoms with Crippen molar-refractivity contribution in [2.75, 3.05) is 13.6 Å². The van der Waals surface area contributed by atoms with Gasteiger partial charge in [0.25, 0.3) is 0 Å². The van der Waals surface area contributed by atoms with E-state index < -0.39 is 11.6 Å². The van der Waals surface area contributed by atoms with Crippen LogP contribution in [0.25, 0.3) is 0 Å². The molecule has 0 rings (SSSR count). The largest absolute Gasteiger partial charge is 0.481 e. The molecule has 0 aromatic heterocycles. The minimum Gasteiger partial charge on any atom is -0.481 e. The summed E-state index contributed by atoms with van der Waals surface area (Å²) in [5.74, 6) is -0.573. The fourth-order valence-corrected chi connectivity index (χ4v) is 1.90. The highest BCUT2D eigenvalue weighted by molar-refractivity contribution is 5.67. The zero-order valence-electron chi connectivity index (χ0n) is 14.8. The van der Waals surface area contributed by atoms with Crippen LogP contribution in [-0.4, -0.2) is 41.4 Å². The molecule has 0 saturated carbocycles. The average molecular weight is 318 g/mol. The van der Waals surface area contributed by atoms with E-state index in [1.807, 2.05) is 39.8 Å². The van der Waals surface area contributed by atoms with E-state index in [4.69, 9.17) is 5.11 Å². The van der Waals surface area contributed by atoms with Gasteiger partial charge >= 0.3 is 5.97 Å². The summed E-state index contributed by atoms with van der Waals surface area (Å²) < 4.78 is 0. The minimum atomic E-state index is -0.799.